The second-order valence-electron chi connectivity index (χ2n) is 5.45. The lowest BCUT2D eigenvalue weighted by atomic mass is 9.93. The Labute approximate surface area is 126 Å². The van der Waals surface area contributed by atoms with E-state index >= 15 is 0 Å². The maximum absolute atomic E-state index is 12.9. The van der Waals surface area contributed by atoms with Crippen LogP contribution in [0.2, 0.25) is 5.02 Å². The molecule has 1 aromatic carbocycles. The molecule has 1 fully saturated rings. The smallest absolute Gasteiger partial charge is 0.243 e. The maximum atomic E-state index is 12.9. The van der Waals surface area contributed by atoms with E-state index in [0.717, 1.165) is 12.8 Å². The van der Waals surface area contributed by atoms with E-state index in [9.17, 15) is 8.42 Å². The fourth-order valence-electron chi connectivity index (χ4n) is 2.84. The van der Waals surface area contributed by atoms with Gasteiger partial charge in [-0.1, -0.05) is 24.6 Å². The van der Waals surface area contributed by atoms with Gasteiger partial charge in [0.05, 0.1) is 4.90 Å². The third kappa shape index (κ3) is 2.86. The Balaban J connectivity index is 2.45. The number of aryl methyl sites for hydroxylation is 1. The monoisotopic (exact) mass is 316 g/mol. The quantitative estimate of drug-likeness (QED) is 0.931. The predicted octanol–water partition coefficient (Wildman–Crippen LogP) is 2.40. The van der Waals surface area contributed by atoms with Crippen molar-refractivity contribution in [3.05, 3.63) is 28.8 Å². The number of piperidine rings is 1. The van der Waals surface area contributed by atoms with Crippen LogP contribution in [0.5, 0.6) is 0 Å². The molecule has 1 aliphatic heterocycles. The normalized spacial score (nSPS) is 24.8. The van der Waals surface area contributed by atoms with Gasteiger partial charge in [-0.15, -0.1) is 0 Å². The van der Waals surface area contributed by atoms with E-state index in [1.807, 2.05) is 0 Å². The minimum absolute atomic E-state index is 0.132. The number of benzene rings is 1. The Bertz CT molecular complexity index is 589. The van der Waals surface area contributed by atoms with Crippen molar-refractivity contribution in [2.75, 3.05) is 13.1 Å². The van der Waals surface area contributed by atoms with E-state index in [2.05, 4.69) is 6.92 Å². The summed E-state index contributed by atoms with van der Waals surface area (Å²) < 4.78 is 27.3. The summed E-state index contributed by atoms with van der Waals surface area (Å²) in [6, 6.07) is 4.83. The van der Waals surface area contributed by atoms with E-state index in [4.69, 9.17) is 17.3 Å². The molecule has 0 bridgehead atoms. The lowest BCUT2D eigenvalue weighted by molar-refractivity contribution is 0.192. The Morgan fingerprint density at radius 2 is 2.15 bits per heavy atom. The molecule has 4 nitrogen and oxygen atoms in total. The van der Waals surface area contributed by atoms with Gasteiger partial charge in [-0.25, -0.2) is 8.42 Å². The first-order chi connectivity index (χ1) is 9.37. The average Bonchev–Trinajstić information content (AvgIpc) is 2.41. The third-order valence-electron chi connectivity index (χ3n) is 4.04. The van der Waals surface area contributed by atoms with Gasteiger partial charge in [0.1, 0.15) is 0 Å². The van der Waals surface area contributed by atoms with Crippen molar-refractivity contribution >= 4 is 21.6 Å². The zero-order valence-electron chi connectivity index (χ0n) is 11.8. The highest BCUT2D eigenvalue weighted by Crippen LogP contribution is 2.30. The summed E-state index contributed by atoms with van der Waals surface area (Å²) >= 11 is 5.95. The molecule has 0 amide bonds. The molecule has 2 unspecified atom stereocenters. The molecule has 0 aliphatic carbocycles. The van der Waals surface area contributed by atoms with Crippen LogP contribution in [0, 0.1) is 12.8 Å². The summed E-state index contributed by atoms with van der Waals surface area (Å²) in [7, 11) is -3.54. The highest BCUT2D eigenvalue weighted by Gasteiger charge is 2.37. The van der Waals surface area contributed by atoms with Gasteiger partial charge >= 0.3 is 0 Å². The molecule has 20 heavy (non-hydrogen) atoms. The van der Waals surface area contributed by atoms with Gasteiger partial charge in [-0.2, -0.15) is 4.31 Å². The number of nitrogens with two attached hydrogens (primary N) is 1. The topological polar surface area (TPSA) is 63.4 Å². The average molecular weight is 317 g/mol. The minimum Gasteiger partial charge on any atom is -0.329 e. The van der Waals surface area contributed by atoms with Gasteiger partial charge in [-0.05, 0) is 43.4 Å². The number of hydrogen-bond acceptors (Lipinski definition) is 3. The van der Waals surface area contributed by atoms with Crippen LogP contribution in [-0.4, -0.2) is 31.9 Å². The molecule has 0 aromatic heterocycles. The molecule has 0 saturated carbocycles. The summed E-state index contributed by atoms with van der Waals surface area (Å²) in [5, 5.41) is 0.434. The fraction of sp³-hybridized carbons (Fsp3) is 0.571. The highest BCUT2D eigenvalue weighted by atomic mass is 35.5. The highest BCUT2D eigenvalue weighted by molar-refractivity contribution is 7.89. The lowest BCUT2D eigenvalue weighted by Gasteiger charge is -2.38. The van der Waals surface area contributed by atoms with Crippen molar-refractivity contribution in [2.24, 2.45) is 11.7 Å². The van der Waals surface area contributed by atoms with Crippen LogP contribution in [0.25, 0.3) is 0 Å². The van der Waals surface area contributed by atoms with E-state index in [1.54, 1.807) is 23.4 Å². The molecule has 1 saturated heterocycles. The van der Waals surface area contributed by atoms with Gasteiger partial charge in [0, 0.05) is 24.2 Å². The predicted molar refractivity (Wildman–Crippen MR) is 81.3 cm³/mol. The zero-order valence-corrected chi connectivity index (χ0v) is 13.4. The van der Waals surface area contributed by atoms with Crippen LogP contribution in [0.1, 0.15) is 25.3 Å². The summed E-state index contributed by atoms with van der Waals surface area (Å²) in [5.41, 5.74) is 6.51. The van der Waals surface area contributed by atoms with Crippen molar-refractivity contribution in [3.8, 4) is 0 Å². The number of halogens is 1. The SMILES string of the molecule is Cc1ccc(Cl)cc1S(=O)(=O)N1CCCC(C)C1CN. The number of sulfonamides is 1. The lowest BCUT2D eigenvalue weighted by Crippen LogP contribution is -2.51. The molecule has 1 heterocycles. The second-order valence-corrected chi connectivity index (χ2v) is 7.74. The molecule has 2 rings (SSSR count). The van der Waals surface area contributed by atoms with Gasteiger partial charge in [0.25, 0.3) is 0 Å². The van der Waals surface area contributed by atoms with Crippen molar-refractivity contribution in [3.63, 3.8) is 0 Å². The number of rotatable bonds is 3. The van der Waals surface area contributed by atoms with Crippen molar-refractivity contribution < 1.29 is 8.42 Å². The summed E-state index contributed by atoms with van der Waals surface area (Å²) in [6.07, 6.45) is 1.89. The van der Waals surface area contributed by atoms with Crippen LogP contribution in [0.15, 0.2) is 23.1 Å². The zero-order chi connectivity index (χ0) is 14.9. The largest absolute Gasteiger partial charge is 0.329 e. The summed E-state index contributed by atoms with van der Waals surface area (Å²) in [5.74, 6) is 0.281. The third-order valence-corrected chi connectivity index (χ3v) is 6.34. The van der Waals surface area contributed by atoms with E-state index < -0.39 is 10.0 Å². The molecular formula is C14H21ClN2O2S. The van der Waals surface area contributed by atoms with E-state index in [-0.39, 0.29) is 16.9 Å². The van der Waals surface area contributed by atoms with Gasteiger partial charge < -0.3 is 5.73 Å². The van der Waals surface area contributed by atoms with Crippen LogP contribution in [0.3, 0.4) is 0 Å². The van der Waals surface area contributed by atoms with Gasteiger partial charge in [-0.3, -0.25) is 0 Å². The fourth-order valence-corrected chi connectivity index (χ4v) is 5.10. The van der Waals surface area contributed by atoms with Gasteiger partial charge in [0.2, 0.25) is 10.0 Å². The molecule has 6 heteroatoms. The van der Waals surface area contributed by atoms with Gasteiger partial charge in [0.15, 0.2) is 0 Å². The summed E-state index contributed by atoms with van der Waals surface area (Å²) in [4.78, 5) is 0.289. The molecule has 0 radical (unpaired) electrons. The van der Waals surface area contributed by atoms with Crippen molar-refractivity contribution in [1.82, 2.24) is 4.31 Å². The first-order valence-electron chi connectivity index (χ1n) is 6.86. The molecule has 2 N–H and O–H groups in total. The van der Waals surface area contributed by atoms with Crippen LogP contribution >= 0.6 is 11.6 Å². The molecule has 2 atom stereocenters. The minimum atomic E-state index is -3.54. The van der Waals surface area contributed by atoms with E-state index in [0.29, 0.717) is 23.7 Å². The van der Waals surface area contributed by atoms with Crippen molar-refractivity contribution in [2.45, 2.75) is 37.6 Å². The molecule has 1 aromatic rings. The van der Waals surface area contributed by atoms with E-state index in [1.165, 1.54) is 6.07 Å². The van der Waals surface area contributed by atoms with Crippen LogP contribution < -0.4 is 5.73 Å². The summed E-state index contributed by atoms with van der Waals surface area (Å²) in [6.45, 7) is 4.72. The molecular weight excluding hydrogens is 296 g/mol. The second kappa shape index (κ2) is 6.02. The maximum Gasteiger partial charge on any atom is 0.243 e. The Morgan fingerprint density at radius 3 is 2.80 bits per heavy atom. The van der Waals surface area contributed by atoms with Crippen LogP contribution in [0.4, 0.5) is 0 Å². The first-order valence-corrected chi connectivity index (χ1v) is 8.67. The van der Waals surface area contributed by atoms with Crippen molar-refractivity contribution in [1.29, 1.82) is 0 Å². The Hall–Kier alpha value is -0.620. The molecule has 112 valence electrons. The Morgan fingerprint density at radius 1 is 1.45 bits per heavy atom. The Kier molecular flexibility index (Phi) is 4.74. The number of hydrogen-bond donors (Lipinski definition) is 1. The molecule has 1 aliphatic rings. The first kappa shape index (κ1) is 15.8. The standard InChI is InChI=1S/C14H21ClN2O2S/c1-10-4-3-7-17(13(10)9-16)20(18,19)14-8-12(15)6-5-11(14)2/h5-6,8,10,13H,3-4,7,9,16H2,1-2H3. The van der Waals surface area contributed by atoms with Crippen LogP contribution in [-0.2, 0) is 10.0 Å². The molecule has 0 spiro atoms. The number of nitrogens with zero attached hydrogens (tertiary/aromatic N) is 1.